The molecular formula is C21H24F3N3O4. The van der Waals surface area contributed by atoms with E-state index in [1.54, 1.807) is 29.2 Å². The number of ether oxygens (including phenoxy) is 1. The van der Waals surface area contributed by atoms with E-state index in [0.29, 0.717) is 38.1 Å². The Morgan fingerprint density at radius 3 is 2.52 bits per heavy atom. The van der Waals surface area contributed by atoms with Crippen molar-refractivity contribution >= 4 is 11.7 Å². The Labute approximate surface area is 177 Å². The third kappa shape index (κ3) is 6.61. The van der Waals surface area contributed by atoms with Crippen LogP contribution in [-0.4, -0.2) is 46.0 Å². The highest BCUT2D eigenvalue weighted by molar-refractivity contribution is 5.78. The number of carbonyl (C=O) groups is 2. The molecule has 31 heavy (non-hydrogen) atoms. The summed E-state index contributed by atoms with van der Waals surface area (Å²) in [5.41, 5.74) is 1.18. The highest BCUT2D eigenvalue weighted by atomic mass is 19.4. The summed E-state index contributed by atoms with van der Waals surface area (Å²) in [6, 6.07) is 6.60. The van der Waals surface area contributed by atoms with Crippen molar-refractivity contribution in [3.05, 3.63) is 35.7 Å². The molecule has 0 saturated carbocycles. The number of rotatable bonds is 9. The van der Waals surface area contributed by atoms with Crippen LogP contribution in [0.4, 0.5) is 13.2 Å². The van der Waals surface area contributed by atoms with E-state index in [1.807, 2.05) is 0 Å². The van der Waals surface area contributed by atoms with Crippen LogP contribution >= 0.6 is 0 Å². The van der Waals surface area contributed by atoms with E-state index in [2.05, 4.69) is 14.7 Å². The average molecular weight is 439 g/mol. The van der Waals surface area contributed by atoms with Crippen LogP contribution in [0.3, 0.4) is 0 Å². The molecule has 0 bridgehead atoms. The zero-order chi connectivity index (χ0) is 22.4. The third-order valence-electron chi connectivity index (χ3n) is 4.97. The van der Waals surface area contributed by atoms with Gasteiger partial charge in [0.1, 0.15) is 5.78 Å². The Morgan fingerprint density at radius 2 is 1.94 bits per heavy atom. The van der Waals surface area contributed by atoms with Gasteiger partial charge in [0.05, 0.1) is 6.10 Å². The van der Waals surface area contributed by atoms with Crippen molar-refractivity contribution in [3.63, 3.8) is 0 Å². The fourth-order valence-electron chi connectivity index (χ4n) is 3.37. The number of halogens is 3. The Balaban J connectivity index is 1.67. The molecule has 1 aliphatic heterocycles. The van der Waals surface area contributed by atoms with Gasteiger partial charge in [-0.25, -0.2) is 0 Å². The smallest absolute Gasteiger partial charge is 0.376 e. The first-order valence-corrected chi connectivity index (χ1v) is 10.1. The Bertz CT molecular complexity index is 890. The van der Waals surface area contributed by atoms with Gasteiger partial charge in [-0.2, -0.15) is 18.2 Å². The van der Waals surface area contributed by atoms with E-state index in [9.17, 15) is 22.8 Å². The number of alkyl halides is 3. The highest BCUT2D eigenvalue weighted by Gasteiger charge is 2.38. The number of hydrogen-bond acceptors (Lipinski definition) is 6. The van der Waals surface area contributed by atoms with Crippen molar-refractivity contribution in [2.45, 2.75) is 57.9 Å². The molecule has 1 saturated heterocycles. The first-order chi connectivity index (χ1) is 14.7. The van der Waals surface area contributed by atoms with Gasteiger partial charge < -0.3 is 19.0 Å². The standard InChI is InChI=1S/C21H24F3N3O4/c1-14(28)4-2-6-18(29)27(13-17-5-3-11-30-17)12-15-7-9-16(10-8-15)19-25-20(31-26-19)21(22,23)24/h7-10,17H,2-6,11-13H2,1H3. The summed E-state index contributed by atoms with van der Waals surface area (Å²) < 4.78 is 47.8. The van der Waals surface area contributed by atoms with Crippen LogP contribution in [0.5, 0.6) is 0 Å². The second-order valence-corrected chi connectivity index (χ2v) is 7.58. The van der Waals surface area contributed by atoms with E-state index in [-0.39, 0.29) is 30.0 Å². The molecule has 7 nitrogen and oxygen atoms in total. The topological polar surface area (TPSA) is 85.5 Å². The highest BCUT2D eigenvalue weighted by Crippen LogP contribution is 2.29. The SMILES string of the molecule is CC(=O)CCCC(=O)N(Cc1ccc(-c2noc(C(F)(F)F)n2)cc1)CC1CCCO1. The zero-order valence-corrected chi connectivity index (χ0v) is 17.2. The normalized spacial score (nSPS) is 16.5. The first kappa shape index (κ1) is 22.9. The lowest BCUT2D eigenvalue weighted by Gasteiger charge is -2.26. The summed E-state index contributed by atoms with van der Waals surface area (Å²) in [6.07, 6.45) is -1.75. The van der Waals surface area contributed by atoms with E-state index < -0.39 is 12.1 Å². The monoisotopic (exact) mass is 439 g/mol. The van der Waals surface area contributed by atoms with Crippen molar-refractivity contribution in [1.29, 1.82) is 0 Å². The molecule has 168 valence electrons. The number of benzene rings is 1. The minimum atomic E-state index is -4.70. The summed E-state index contributed by atoms with van der Waals surface area (Å²) in [5.74, 6) is -1.57. The zero-order valence-electron chi connectivity index (χ0n) is 17.2. The molecule has 3 rings (SSSR count). The molecule has 0 aliphatic carbocycles. The maximum Gasteiger partial charge on any atom is 0.471 e. The Kier molecular flexibility index (Phi) is 7.42. The van der Waals surface area contributed by atoms with Crippen LogP contribution in [0.2, 0.25) is 0 Å². The lowest BCUT2D eigenvalue weighted by Crippen LogP contribution is -2.36. The van der Waals surface area contributed by atoms with Crippen LogP contribution in [-0.2, 0) is 27.0 Å². The molecule has 10 heteroatoms. The van der Waals surface area contributed by atoms with Gasteiger partial charge >= 0.3 is 12.1 Å². The van der Waals surface area contributed by atoms with Crippen LogP contribution < -0.4 is 0 Å². The van der Waals surface area contributed by atoms with Crippen LogP contribution in [0, 0.1) is 0 Å². The van der Waals surface area contributed by atoms with Gasteiger partial charge in [0.25, 0.3) is 0 Å². The fraction of sp³-hybridized carbons (Fsp3) is 0.524. The van der Waals surface area contributed by atoms with Gasteiger partial charge in [-0.15, -0.1) is 0 Å². The third-order valence-corrected chi connectivity index (χ3v) is 4.97. The fourth-order valence-corrected chi connectivity index (χ4v) is 3.37. The number of hydrogen-bond donors (Lipinski definition) is 0. The number of Topliss-reactive ketones (excluding diaryl/α,β-unsaturated/α-hetero) is 1. The molecule has 0 radical (unpaired) electrons. The van der Waals surface area contributed by atoms with Crippen molar-refractivity contribution in [1.82, 2.24) is 15.0 Å². The molecule has 1 atom stereocenters. The van der Waals surface area contributed by atoms with E-state index in [1.165, 1.54) is 6.92 Å². The minimum absolute atomic E-state index is 0.0175. The van der Waals surface area contributed by atoms with Crippen LogP contribution in [0.1, 0.15) is 50.5 Å². The second kappa shape index (κ2) is 10.0. The maximum absolute atomic E-state index is 12.7. The molecule has 0 N–H and O–H groups in total. The van der Waals surface area contributed by atoms with E-state index >= 15 is 0 Å². The number of aromatic nitrogens is 2. The Morgan fingerprint density at radius 1 is 1.19 bits per heavy atom. The van der Waals surface area contributed by atoms with Gasteiger partial charge in [-0.05, 0) is 31.7 Å². The van der Waals surface area contributed by atoms with Crippen molar-refractivity contribution < 1.29 is 32.0 Å². The van der Waals surface area contributed by atoms with Crippen molar-refractivity contribution in [3.8, 4) is 11.4 Å². The van der Waals surface area contributed by atoms with Crippen molar-refractivity contribution in [2.75, 3.05) is 13.2 Å². The molecule has 0 spiro atoms. The molecule has 2 aromatic rings. The van der Waals surface area contributed by atoms with E-state index in [4.69, 9.17) is 4.74 Å². The summed E-state index contributed by atoms with van der Waals surface area (Å²) in [5, 5.41) is 3.37. The molecular weight excluding hydrogens is 415 g/mol. The Hall–Kier alpha value is -2.75. The van der Waals surface area contributed by atoms with Gasteiger partial charge in [0.15, 0.2) is 0 Å². The van der Waals surface area contributed by atoms with Gasteiger partial charge in [0.2, 0.25) is 11.7 Å². The summed E-state index contributed by atoms with van der Waals surface area (Å²) in [7, 11) is 0. The molecule has 2 heterocycles. The molecule has 1 aromatic heterocycles. The minimum Gasteiger partial charge on any atom is -0.376 e. The molecule has 1 fully saturated rings. The molecule has 1 aromatic carbocycles. The number of nitrogens with zero attached hydrogens (tertiary/aromatic N) is 3. The predicted molar refractivity (Wildman–Crippen MR) is 104 cm³/mol. The summed E-state index contributed by atoms with van der Waals surface area (Å²) in [4.78, 5) is 29.0. The number of ketones is 1. The maximum atomic E-state index is 12.7. The summed E-state index contributed by atoms with van der Waals surface area (Å²) in [6.45, 7) is 2.97. The van der Waals surface area contributed by atoms with E-state index in [0.717, 1.165) is 18.4 Å². The van der Waals surface area contributed by atoms with Crippen LogP contribution in [0.15, 0.2) is 28.8 Å². The number of carbonyl (C=O) groups excluding carboxylic acids is 2. The molecule has 1 aliphatic rings. The molecule has 1 unspecified atom stereocenters. The van der Waals surface area contributed by atoms with Gasteiger partial charge in [-0.1, -0.05) is 29.4 Å². The first-order valence-electron chi connectivity index (χ1n) is 10.1. The second-order valence-electron chi connectivity index (χ2n) is 7.58. The lowest BCUT2D eigenvalue weighted by atomic mass is 10.1. The largest absolute Gasteiger partial charge is 0.471 e. The summed E-state index contributed by atoms with van der Waals surface area (Å²) >= 11 is 0. The van der Waals surface area contributed by atoms with Crippen LogP contribution in [0.25, 0.3) is 11.4 Å². The van der Waals surface area contributed by atoms with Gasteiger partial charge in [0, 0.05) is 38.1 Å². The quantitative estimate of drug-likeness (QED) is 0.587. The number of amides is 1. The lowest BCUT2D eigenvalue weighted by molar-refractivity contribution is -0.159. The predicted octanol–water partition coefficient (Wildman–Crippen LogP) is 4.02. The average Bonchev–Trinajstić information content (AvgIpc) is 3.39. The van der Waals surface area contributed by atoms with Gasteiger partial charge in [-0.3, -0.25) is 4.79 Å². The van der Waals surface area contributed by atoms with Crippen molar-refractivity contribution in [2.24, 2.45) is 0 Å². The molecule has 1 amide bonds.